The molecule has 4 rings (SSSR count). The molecular formula is C21H22ClN3O2S. The highest BCUT2D eigenvalue weighted by Gasteiger charge is 2.23. The van der Waals surface area contributed by atoms with E-state index in [1.165, 1.54) is 11.3 Å². The van der Waals surface area contributed by atoms with Crippen LogP contribution in [0.3, 0.4) is 0 Å². The lowest BCUT2D eigenvalue weighted by molar-refractivity contribution is 0.0391. The highest BCUT2D eigenvalue weighted by Crippen LogP contribution is 2.34. The number of benzene rings is 2. The third-order valence-electron chi connectivity index (χ3n) is 4.98. The molecule has 1 aliphatic heterocycles. The summed E-state index contributed by atoms with van der Waals surface area (Å²) in [5.41, 5.74) is 2.48. The molecule has 0 radical (unpaired) electrons. The lowest BCUT2D eigenvalue weighted by Crippen LogP contribution is -2.43. The maximum absolute atomic E-state index is 13.3. The van der Waals surface area contributed by atoms with Crippen molar-refractivity contribution >= 4 is 44.2 Å². The summed E-state index contributed by atoms with van der Waals surface area (Å²) in [4.78, 5) is 22.2. The summed E-state index contributed by atoms with van der Waals surface area (Å²) < 4.78 is 6.46. The Kier molecular flexibility index (Phi) is 5.92. The Morgan fingerprint density at radius 2 is 1.96 bits per heavy atom. The van der Waals surface area contributed by atoms with Crippen LogP contribution in [0.5, 0.6) is 0 Å². The quantitative estimate of drug-likeness (QED) is 0.625. The number of aryl methyl sites for hydroxylation is 1. The van der Waals surface area contributed by atoms with Gasteiger partial charge in [-0.2, -0.15) is 0 Å². The van der Waals surface area contributed by atoms with Gasteiger partial charge in [0.15, 0.2) is 5.13 Å². The van der Waals surface area contributed by atoms with Crippen molar-refractivity contribution in [3.05, 3.63) is 58.6 Å². The molecule has 3 aromatic rings. The van der Waals surface area contributed by atoms with E-state index < -0.39 is 0 Å². The van der Waals surface area contributed by atoms with Gasteiger partial charge in [-0.25, -0.2) is 4.98 Å². The number of nitrogens with zero attached hydrogens (tertiary/aromatic N) is 3. The second kappa shape index (κ2) is 8.57. The largest absolute Gasteiger partial charge is 0.379 e. The molecule has 1 saturated heterocycles. The van der Waals surface area contributed by atoms with E-state index in [1.807, 2.05) is 49.4 Å². The first-order valence-electron chi connectivity index (χ1n) is 9.36. The fraction of sp³-hybridized carbons (Fsp3) is 0.333. The number of aromatic nitrogens is 1. The molecule has 1 amide bonds. The number of carbonyl (C=O) groups is 1. The average Bonchev–Trinajstić information content (AvgIpc) is 3.17. The van der Waals surface area contributed by atoms with Gasteiger partial charge >= 0.3 is 0 Å². The number of amides is 1. The van der Waals surface area contributed by atoms with Crippen LogP contribution in [-0.4, -0.2) is 55.2 Å². The Bertz CT molecular complexity index is 970. The number of rotatable bonds is 5. The molecule has 146 valence electrons. The van der Waals surface area contributed by atoms with E-state index in [9.17, 15) is 4.79 Å². The second-order valence-electron chi connectivity index (χ2n) is 6.79. The van der Waals surface area contributed by atoms with Crippen molar-refractivity contribution in [2.45, 2.75) is 6.92 Å². The maximum Gasteiger partial charge on any atom is 0.260 e. The first-order valence-corrected chi connectivity index (χ1v) is 10.6. The van der Waals surface area contributed by atoms with Crippen molar-refractivity contribution in [1.82, 2.24) is 9.88 Å². The third-order valence-corrected chi connectivity index (χ3v) is 6.43. The normalized spacial score (nSPS) is 15.1. The van der Waals surface area contributed by atoms with Crippen molar-refractivity contribution in [3.63, 3.8) is 0 Å². The average molecular weight is 416 g/mol. The smallest absolute Gasteiger partial charge is 0.260 e. The molecule has 0 spiro atoms. The number of hydrogen-bond donors (Lipinski definition) is 0. The molecule has 1 aromatic heterocycles. The zero-order valence-corrected chi connectivity index (χ0v) is 17.3. The van der Waals surface area contributed by atoms with E-state index in [4.69, 9.17) is 21.3 Å². The summed E-state index contributed by atoms with van der Waals surface area (Å²) in [6.07, 6.45) is 0. The van der Waals surface area contributed by atoms with Crippen LogP contribution in [0.4, 0.5) is 5.13 Å². The Hall–Kier alpha value is -1.99. The predicted octanol–water partition coefficient (Wildman–Crippen LogP) is 4.24. The molecule has 7 heteroatoms. The maximum atomic E-state index is 13.3. The first kappa shape index (κ1) is 19.3. The molecule has 2 heterocycles. The zero-order chi connectivity index (χ0) is 19.5. The van der Waals surface area contributed by atoms with Gasteiger partial charge in [-0.3, -0.25) is 14.6 Å². The van der Waals surface area contributed by atoms with Crippen molar-refractivity contribution < 1.29 is 9.53 Å². The highest BCUT2D eigenvalue weighted by molar-refractivity contribution is 7.22. The summed E-state index contributed by atoms with van der Waals surface area (Å²) in [6.45, 7) is 6.60. The van der Waals surface area contributed by atoms with E-state index in [0.29, 0.717) is 22.3 Å². The molecule has 5 nitrogen and oxygen atoms in total. The number of hydrogen-bond acceptors (Lipinski definition) is 5. The minimum Gasteiger partial charge on any atom is -0.379 e. The van der Waals surface area contributed by atoms with Gasteiger partial charge in [0.25, 0.3) is 5.91 Å². The molecule has 0 atom stereocenters. The number of carbonyl (C=O) groups excluding carboxylic acids is 1. The fourth-order valence-electron chi connectivity index (χ4n) is 3.29. The Balaban J connectivity index is 1.65. The fourth-order valence-corrected chi connectivity index (χ4v) is 4.49. The summed E-state index contributed by atoms with van der Waals surface area (Å²) in [5, 5.41) is 1.40. The van der Waals surface area contributed by atoms with E-state index in [0.717, 1.165) is 48.6 Å². The Morgan fingerprint density at radius 3 is 2.71 bits per heavy atom. The van der Waals surface area contributed by atoms with Crippen LogP contribution in [0.1, 0.15) is 15.9 Å². The monoisotopic (exact) mass is 415 g/mol. The molecule has 0 N–H and O–H groups in total. The van der Waals surface area contributed by atoms with Crippen LogP contribution >= 0.6 is 22.9 Å². The van der Waals surface area contributed by atoms with Crippen LogP contribution in [0.2, 0.25) is 5.02 Å². The number of halogens is 1. The SMILES string of the molecule is Cc1c(Cl)ccc2sc(N(CCN3CCOCC3)C(=O)c3ccccc3)nc12. The van der Waals surface area contributed by atoms with Crippen molar-refractivity contribution in [2.24, 2.45) is 0 Å². The van der Waals surface area contributed by atoms with E-state index >= 15 is 0 Å². The van der Waals surface area contributed by atoms with Crippen LogP contribution in [0, 0.1) is 6.92 Å². The number of thiazole rings is 1. The van der Waals surface area contributed by atoms with E-state index in [2.05, 4.69) is 4.90 Å². The van der Waals surface area contributed by atoms with Crippen LogP contribution in [-0.2, 0) is 4.74 Å². The summed E-state index contributed by atoms with van der Waals surface area (Å²) in [7, 11) is 0. The number of fused-ring (bicyclic) bond motifs is 1. The van der Waals surface area contributed by atoms with Gasteiger partial charge in [0.2, 0.25) is 0 Å². The molecule has 0 aliphatic carbocycles. The lowest BCUT2D eigenvalue weighted by atomic mass is 10.2. The molecule has 28 heavy (non-hydrogen) atoms. The third kappa shape index (κ3) is 4.05. The summed E-state index contributed by atoms with van der Waals surface area (Å²) in [6, 6.07) is 13.2. The van der Waals surface area contributed by atoms with Crippen molar-refractivity contribution in [1.29, 1.82) is 0 Å². The molecule has 1 fully saturated rings. The minimum atomic E-state index is -0.0309. The number of morpholine rings is 1. The first-order chi connectivity index (χ1) is 13.6. The summed E-state index contributed by atoms with van der Waals surface area (Å²) >= 11 is 7.79. The van der Waals surface area contributed by atoms with Gasteiger partial charge in [-0.1, -0.05) is 41.1 Å². The van der Waals surface area contributed by atoms with Crippen LogP contribution < -0.4 is 4.90 Å². The zero-order valence-electron chi connectivity index (χ0n) is 15.7. The van der Waals surface area contributed by atoms with Gasteiger partial charge < -0.3 is 4.74 Å². The molecule has 0 saturated carbocycles. The molecule has 2 aromatic carbocycles. The van der Waals surface area contributed by atoms with E-state index in [-0.39, 0.29) is 5.91 Å². The van der Waals surface area contributed by atoms with Gasteiger partial charge in [0, 0.05) is 36.8 Å². The highest BCUT2D eigenvalue weighted by atomic mass is 35.5. The number of ether oxygens (including phenoxy) is 1. The molecular weight excluding hydrogens is 394 g/mol. The van der Waals surface area contributed by atoms with Crippen molar-refractivity contribution in [3.8, 4) is 0 Å². The van der Waals surface area contributed by atoms with Crippen LogP contribution in [0.25, 0.3) is 10.2 Å². The number of anilines is 1. The van der Waals surface area contributed by atoms with Gasteiger partial charge in [-0.15, -0.1) is 0 Å². The van der Waals surface area contributed by atoms with Crippen LogP contribution in [0.15, 0.2) is 42.5 Å². The second-order valence-corrected chi connectivity index (χ2v) is 8.21. The molecule has 0 unspecified atom stereocenters. The van der Waals surface area contributed by atoms with Gasteiger partial charge in [0.1, 0.15) is 0 Å². The van der Waals surface area contributed by atoms with Crippen molar-refractivity contribution in [2.75, 3.05) is 44.3 Å². The van der Waals surface area contributed by atoms with Gasteiger partial charge in [-0.05, 0) is 36.8 Å². The standard InChI is InChI=1S/C21H22ClN3O2S/c1-15-17(22)7-8-18-19(15)23-21(28-18)25(10-9-24-11-13-27-14-12-24)20(26)16-5-3-2-4-6-16/h2-8H,9-14H2,1H3. The Labute approximate surface area is 173 Å². The lowest BCUT2D eigenvalue weighted by Gasteiger charge is -2.29. The molecule has 0 bridgehead atoms. The molecule has 1 aliphatic rings. The predicted molar refractivity (Wildman–Crippen MR) is 115 cm³/mol. The summed E-state index contributed by atoms with van der Waals surface area (Å²) in [5.74, 6) is -0.0309. The van der Waals surface area contributed by atoms with E-state index in [1.54, 1.807) is 4.90 Å². The topological polar surface area (TPSA) is 45.7 Å². The van der Waals surface area contributed by atoms with Gasteiger partial charge in [0.05, 0.1) is 23.4 Å². The Morgan fingerprint density at radius 1 is 1.21 bits per heavy atom. The minimum absolute atomic E-state index is 0.0309.